The highest BCUT2D eigenvalue weighted by atomic mass is 15.2. The van der Waals surface area contributed by atoms with Crippen LogP contribution in [-0.4, -0.2) is 24.5 Å². The Morgan fingerprint density at radius 3 is 2.63 bits per heavy atom. The van der Waals surface area contributed by atoms with Crippen molar-refractivity contribution in [2.45, 2.75) is 45.6 Å². The van der Waals surface area contributed by atoms with Gasteiger partial charge in [0.05, 0.1) is 0 Å². The number of benzene rings is 1. The van der Waals surface area contributed by atoms with E-state index in [2.05, 4.69) is 49.2 Å². The lowest BCUT2D eigenvalue weighted by Crippen LogP contribution is -2.37. The van der Waals surface area contributed by atoms with Gasteiger partial charge in [0.2, 0.25) is 0 Å². The van der Waals surface area contributed by atoms with Crippen LogP contribution in [0.1, 0.15) is 56.7 Å². The largest absolute Gasteiger partial charge is 0.384 e. The molecule has 2 aliphatic heterocycles. The Labute approximate surface area is 117 Å². The lowest BCUT2D eigenvalue weighted by atomic mass is 9.85. The Kier molecular flexibility index (Phi) is 3.53. The van der Waals surface area contributed by atoms with Crippen molar-refractivity contribution in [1.82, 2.24) is 4.90 Å². The molecule has 0 aromatic heterocycles. The van der Waals surface area contributed by atoms with Crippen LogP contribution in [0.25, 0.3) is 0 Å². The summed E-state index contributed by atoms with van der Waals surface area (Å²) in [7, 11) is 0. The molecule has 3 rings (SSSR count). The number of rotatable bonds is 2. The average molecular weight is 258 g/mol. The quantitative estimate of drug-likeness (QED) is 0.862. The van der Waals surface area contributed by atoms with Gasteiger partial charge in [0.1, 0.15) is 0 Å². The third kappa shape index (κ3) is 2.27. The van der Waals surface area contributed by atoms with E-state index in [-0.39, 0.29) is 0 Å². The molecule has 2 nitrogen and oxygen atoms in total. The Morgan fingerprint density at radius 2 is 1.95 bits per heavy atom. The second-order valence-corrected chi connectivity index (χ2v) is 6.51. The highest BCUT2D eigenvalue weighted by Crippen LogP contribution is 2.42. The third-order valence-corrected chi connectivity index (χ3v) is 4.74. The van der Waals surface area contributed by atoms with Crippen molar-refractivity contribution in [3.63, 3.8) is 0 Å². The van der Waals surface area contributed by atoms with Crippen molar-refractivity contribution in [2.75, 3.05) is 25.0 Å². The van der Waals surface area contributed by atoms with Gasteiger partial charge in [-0.25, -0.2) is 0 Å². The number of nitrogens with one attached hydrogen (secondary N) is 1. The first kappa shape index (κ1) is 13.0. The van der Waals surface area contributed by atoms with Crippen LogP contribution in [0.5, 0.6) is 0 Å². The zero-order valence-electron chi connectivity index (χ0n) is 12.4. The summed E-state index contributed by atoms with van der Waals surface area (Å²) in [5.74, 6) is 1.29. The maximum absolute atomic E-state index is 3.69. The summed E-state index contributed by atoms with van der Waals surface area (Å²) in [5.41, 5.74) is 4.44. The van der Waals surface area contributed by atoms with Crippen LogP contribution < -0.4 is 5.32 Å². The van der Waals surface area contributed by atoms with Gasteiger partial charge in [-0.15, -0.1) is 0 Å². The summed E-state index contributed by atoms with van der Waals surface area (Å²) >= 11 is 0. The minimum atomic E-state index is 0.593. The van der Waals surface area contributed by atoms with Crippen LogP contribution in [0.3, 0.4) is 0 Å². The van der Waals surface area contributed by atoms with E-state index in [1.165, 1.54) is 42.7 Å². The molecule has 2 atom stereocenters. The maximum Gasteiger partial charge on any atom is 0.0424 e. The summed E-state index contributed by atoms with van der Waals surface area (Å²) in [6.07, 6.45) is 2.74. The first-order chi connectivity index (χ1) is 9.18. The molecular weight excluding hydrogens is 232 g/mol. The van der Waals surface area contributed by atoms with Crippen molar-refractivity contribution in [3.05, 3.63) is 29.3 Å². The molecule has 2 heterocycles. The lowest BCUT2D eigenvalue weighted by molar-refractivity contribution is 0.185. The van der Waals surface area contributed by atoms with E-state index in [0.29, 0.717) is 17.9 Å². The van der Waals surface area contributed by atoms with Gasteiger partial charge in [0.15, 0.2) is 0 Å². The molecule has 104 valence electrons. The zero-order chi connectivity index (χ0) is 13.4. The zero-order valence-corrected chi connectivity index (χ0v) is 12.4. The second kappa shape index (κ2) is 5.16. The van der Waals surface area contributed by atoms with Gasteiger partial charge >= 0.3 is 0 Å². The van der Waals surface area contributed by atoms with Crippen LogP contribution in [0, 0.1) is 5.92 Å². The number of nitrogens with zero attached hydrogens (tertiary/aromatic N) is 1. The minimum Gasteiger partial charge on any atom is -0.384 e. The molecule has 1 N–H and O–H groups in total. The van der Waals surface area contributed by atoms with Crippen LogP contribution in [0.4, 0.5) is 5.69 Å². The Hall–Kier alpha value is -1.02. The molecule has 0 bridgehead atoms. The van der Waals surface area contributed by atoms with Crippen LogP contribution in [0.15, 0.2) is 18.2 Å². The van der Waals surface area contributed by atoms with Crippen molar-refractivity contribution in [2.24, 2.45) is 5.92 Å². The number of hydrogen-bond acceptors (Lipinski definition) is 2. The van der Waals surface area contributed by atoms with Gasteiger partial charge in [0, 0.05) is 18.3 Å². The fourth-order valence-corrected chi connectivity index (χ4v) is 3.78. The standard InChI is InChI=1S/C17H26N2/c1-12(2)14-7-6-8-15-16(14)18-11-13(3)17(15)19-9-4-5-10-19/h6-8,12-13,17-18H,4-5,9-11H2,1-3H3. The van der Waals surface area contributed by atoms with Crippen molar-refractivity contribution >= 4 is 5.69 Å². The van der Waals surface area contributed by atoms with Gasteiger partial charge in [-0.3, -0.25) is 4.90 Å². The molecule has 1 aromatic carbocycles. The molecule has 1 fully saturated rings. The first-order valence-corrected chi connectivity index (χ1v) is 7.79. The molecule has 0 spiro atoms. The molecule has 0 saturated carbocycles. The monoisotopic (exact) mass is 258 g/mol. The molecule has 0 amide bonds. The topological polar surface area (TPSA) is 15.3 Å². The highest BCUT2D eigenvalue weighted by Gasteiger charge is 2.33. The average Bonchev–Trinajstić information content (AvgIpc) is 2.91. The first-order valence-electron chi connectivity index (χ1n) is 7.79. The Bertz CT molecular complexity index is 447. The van der Waals surface area contributed by atoms with Crippen molar-refractivity contribution < 1.29 is 0 Å². The van der Waals surface area contributed by atoms with Crippen molar-refractivity contribution in [1.29, 1.82) is 0 Å². The summed E-state index contributed by atoms with van der Waals surface area (Å²) in [6, 6.07) is 7.50. The van der Waals surface area contributed by atoms with Crippen molar-refractivity contribution in [3.8, 4) is 0 Å². The number of para-hydroxylation sites is 1. The van der Waals surface area contributed by atoms with Crippen LogP contribution >= 0.6 is 0 Å². The number of anilines is 1. The third-order valence-electron chi connectivity index (χ3n) is 4.74. The molecular formula is C17H26N2. The van der Waals surface area contributed by atoms with Gasteiger partial charge < -0.3 is 5.32 Å². The van der Waals surface area contributed by atoms with Gasteiger partial charge in [-0.1, -0.05) is 39.0 Å². The van der Waals surface area contributed by atoms with Gasteiger partial charge in [-0.05, 0) is 48.9 Å². The van der Waals surface area contributed by atoms with Crippen LogP contribution in [-0.2, 0) is 0 Å². The minimum absolute atomic E-state index is 0.593. The number of hydrogen-bond donors (Lipinski definition) is 1. The fraction of sp³-hybridized carbons (Fsp3) is 0.647. The predicted octanol–water partition coefficient (Wildman–Crippen LogP) is 4.01. The van der Waals surface area contributed by atoms with E-state index < -0.39 is 0 Å². The SMILES string of the molecule is CC(C)c1cccc2c1NCC(C)C2N1CCCC1. The summed E-state index contributed by atoms with van der Waals surface area (Å²) in [5, 5.41) is 3.69. The normalized spacial score (nSPS) is 27.4. The molecule has 2 heteroatoms. The fourth-order valence-electron chi connectivity index (χ4n) is 3.78. The Morgan fingerprint density at radius 1 is 1.21 bits per heavy atom. The number of likely N-dealkylation sites (tertiary alicyclic amines) is 1. The summed E-state index contributed by atoms with van der Waals surface area (Å²) < 4.78 is 0. The van der Waals surface area contributed by atoms with Crippen LogP contribution in [0.2, 0.25) is 0 Å². The molecule has 19 heavy (non-hydrogen) atoms. The van der Waals surface area contributed by atoms with Gasteiger partial charge in [-0.2, -0.15) is 0 Å². The Balaban J connectivity index is 2.02. The van der Waals surface area contributed by atoms with E-state index in [1.54, 1.807) is 0 Å². The predicted molar refractivity (Wildman–Crippen MR) is 81.7 cm³/mol. The second-order valence-electron chi connectivity index (χ2n) is 6.51. The van der Waals surface area contributed by atoms with E-state index in [1.807, 2.05) is 0 Å². The molecule has 1 saturated heterocycles. The summed E-state index contributed by atoms with van der Waals surface area (Å²) in [6.45, 7) is 10.6. The van der Waals surface area contributed by atoms with E-state index in [4.69, 9.17) is 0 Å². The molecule has 0 radical (unpaired) electrons. The molecule has 0 aliphatic carbocycles. The van der Waals surface area contributed by atoms with E-state index >= 15 is 0 Å². The highest BCUT2D eigenvalue weighted by molar-refractivity contribution is 5.61. The number of fused-ring (bicyclic) bond motifs is 1. The van der Waals surface area contributed by atoms with E-state index in [0.717, 1.165) is 6.54 Å². The molecule has 2 aliphatic rings. The molecule has 1 aromatic rings. The lowest BCUT2D eigenvalue weighted by Gasteiger charge is -2.39. The molecule has 2 unspecified atom stereocenters. The van der Waals surface area contributed by atoms with Gasteiger partial charge in [0.25, 0.3) is 0 Å². The maximum atomic E-state index is 3.69. The smallest absolute Gasteiger partial charge is 0.0424 e. The van der Waals surface area contributed by atoms with E-state index in [9.17, 15) is 0 Å². The summed E-state index contributed by atoms with van der Waals surface area (Å²) in [4.78, 5) is 2.70.